The minimum absolute atomic E-state index is 0.268. The van der Waals surface area contributed by atoms with Gasteiger partial charge < -0.3 is 10.0 Å². The van der Waals surface area contributed by atoms with Gasteiger partial charge in [0.25, 0.3) is 0 Å². The van der Waals surface area contributed by atoms with Gasteiger partial charge in [-0.2, -0.15) is 0 Å². The molecular weight excluding hydrogens is 304 g/mol. The van der Waals surface area contributed by atoms with E-state index in [9.17, 15) is 5.11 Å². The summed E-state index contributed by atoms with van der Waals surface area (Å²) in [6, 6.07) is 2.36. The van der Waals surface area contributed by atoms with Gasteiger partial charge in [0.15, 0.2) is 0 Å². The SMILES string of the molecule is CC(C)c1cc(N2CC(n3cc(C(C)O)nn3)C2)nc(C(C)C)n1. The molecule has 0 spiro atoms. The van der Waals surface area contributed by atoms with Crippen molar-refractivity contribution < 1.29 is 5.11 Å². The Morgan fingerprint density at radius 3 is 2.29 bits per heavy atom. The van der Waals surface area contributed by atoms with Crippen LogP contribution in [0.15, 0.2) is 12.3 Å². The molecule has 0 aromatic carbocycles. The van der Waals surface area contributed by atoms with Gasteiger partial charge in [-0.25, -0.2) is 14.6 Å². The molecule has 0 saturated carbocycles. The van der Waals surface area contributed by atoms with Crippen molar-refractivity contribution in [3.8, 4) is 0 Å². The van der Waals surface area contributed by atoms with Crippen LogP contribution in [0.2, 0.25) is 0 Å². The van der Waals surface area contributed by atoms with E-state index in [1.165, 1.54) is 0 Å². The first-order valence-electron chi connectivity index (χ1n) is 8.58. The third-order valence-electron chi connectivity index (χ3n) is 4.37. The summed E-state index contributed by atoms with van der Waals surface area (Å²) in [4.78, 5) is 11.7. The largest absolute Gasteiger partial charge is 0.387 e. The molecule has 1 unspecified atom stereocenters. The quantitative estimate of drug-likeness (QED) is 0.907. The smallest absolute Gasteiger partial charge is 0.133 e. The van der Waals surface area contributed by atoms with E-state index in [0.29, 0.717) is 17.5 Å². The van der Waals surface area contributed by atoms with Crippen LogP contribution in [0.4, 0.5) is 5.82 Å². The Kier molecular flexibility index (Phi) is 4.54. The van der Waals surface area contributed by atoms with Gasteiger partial charge in [-0.1, -0.05) is 32.9 Å². The molecule has 0 radical (unpaired) electrons. The molecule has 130 valence electrons. The summed E-state index contributed by atoms with van der Waals surface area (Å²) in [6.07, 6.45) is 1.24. The Morgan fingerprint density at radius 1 is 1.04 bits per heavy atom. The molecule has 1 atom stereocenters. The highest BCUT2D eigenvalue weighted by atomic mass is 16.3. The Labute approximate surface area is 142 Å². The summed E-state index contributed by atoms with van der Waals surface area (Å²) in [5, 5.41) is 17.7. The molecule has 7 nitrogen and oxygen atoms in total. The lowest BCUT2D eigenvalue weighted by Gasteiger charge is -2.40. The molecule has 1 fully saturated rings. The number of aliphatic hydroxyl groups excluding tert-OH is 1. The van der Waals surface area contributed by atoms with Crippen LogP contribution in [0.1, 0.15) is 75.8 Å². The van der Waals surface area contributed by atoms with Crippen molar-refractivity contribution in [3.63, 3.8) is 0 Å². The van der Waals surface area contributed by atoms with Crippen LogP contribution < -0.4 is 4.90 Å². The topological polar surface area (TPSA) is 80.0 Å². The molecule has 0 aliphatic carbocycles. The molecule has 1 aliphatic heterocycles. The van der Waals surface area contributed by atoms with Gasteiger partial charge in [0.05, 0.1) is 18.3 Å². The van der Waals surface area contributed by atoms with E-state index >= 15 is 0 Å². The Hall–Kier alpha value is -2.02. The van der Waals surface area contributed by atoms with Crippen LogP contribution in [0.5, 0.6) is 0 Å². The number of hydrogen-bond donors (Lipinski definition) is 1. The summed E-state index contributed by atoms with van der Waals surface area (Å²) in [5.41, 5.74) is 1.70. The molecule has 24 heavy (non-hydrogen) atoms. The normalized spacial score (nSPS) is 16.8. The fourth-order valence-corrected chi connectivity index (χ4v) is 2.66. The number of nitrogens with zero attached hydrogens (tertiary/aromatic N) is 6. The van der Waals surface area contributed by atoms with Crippen molar-refractivity contribution in [3.05, 3.63) is 29.5 Å². The molecule has 1 aliphatic rings. The lowest BCUT2D eigenvalue weighted by atomic mass is 10.1. The van der Waals surface area contributed by atoms with Gasteiger partial charge in [-0.15, -0.1) is 5.10 Å². The standard InChI is InChI=1S/C17H26N6O/c1-10(2)14-6-16(19-17(18-14)11(3)4)22-7-13(8-22)23-9-15(12(5)24)20-21-23/h6,9-13,24H,7-8H2,1-5H3. The molecule has 1 N–H and O–H groups in total. The van der Waals surface area contributed by atoms with Crippen molar-refractivity contribution in [2.75, 3.05) is 18.0 Å². The molecule has 2 aromatic rings. The van der Waals surface area contributed by atoms with Crippen LogP contribution in [-0.4, -0.2) is 43.2 Å². The summed E-state index contributed by atoms with van der Waals surface area (Å²) in [5.74, 6) is 2.58. The number of aliphatic hydroxyl groups is 1. The average Bonchev–Trinajstić information content (AvgIpc) is 2.95. The third kappa shape index (κ3) is 3.26. The molecule has 0 bridgehead atoms. The van der Waals surface area contributed by atoms with Gasteiger partial charge in [0.1, 0.15) is 17.3 Å². The van der Waals surface area contributed by atoms with Crippen LogP contribution >= 0.6 is 0 Å². The zero-order valence-electron chi connectivity index (χ0n) is 15.0. The van der Waals surface area contributed by atoms with E-state index in [2.05, 4.69) is 54.0 Å². The van der Waals surface area contributed by atoms with E-state index in [1.54, 1.807) is 6.92 Å². The highest BCUT2D eigenvalue weighted by molar-refractivity contribution is 5.44. The van der Waals surface area contributed by atoms with Crippen molar-refractivity contribution in [2.24, 2.45) is 0 Å². The number of aromatic nitrogens is 5. The maximum Gasteiger partial charge on any atom is 0.133 e. The van der Waals surface area contributed by atoms with Gasteiger partial charge in [-0.3, -0.25) is 0 Å². The predicted molar refractivity (Wildman–Crippen MR) is 92.1 cm³/mol. The van der Waals surface area contributed by atoms with Crippen molar-refractivity contribution in [1.29, 1.82) is 0 Å². The number of hydrogen-bond acceptors (Lipinski definition) is 6. The summed E-state index contributed by atoms with van der Waals surface area (Å²) < 4.78 is 1.84. The second-order valence-corrected chi connectivity index (χ2v) is 7.18. The van der Waals surface area contributed by atoms with E-state index < -0.39 is 6.10 Å². The molecule has 3 rings (SSSR count). The van der Waals surface area contributed by atoms with Gasteiger partial charge in [0, 0.05) is 30.8 Å². The highest BCUT2D eigenvalue weighted by Crippen LogP contribution is 2.29. The zero-order chi connectivity index (χ0) is 17.4. The second kappa shape index (κ2) is 6.47. The second-order valence-electron chi connectivity index (χ2n) is 7.18. The first-order valence-corrected chi connectivity index (χ1v) is 8.58. The molecule has 0 amide bonds. The van der Waals surface area contributed by atoms with Crippen molar-refractivity contribution in [1.82, 2.24) is 25.0 Å². The molecule has 2 aromatic heterocycles. The number of rotatable bonds is 5. The Bertz CT molecular complexity index is 677. The highest BCUT2D eigenvalue weighted by Gasteiger charge is 2.31. The minimum Gasteiger partial charge on any atom is -0.387 e. The van der Waals surface area contributed by atoms with Crippen LogP contribution in [0, 0.1) is 0 Å². The first-order chi connectivity index (χ1) is 11.3. The third-order valence-corrected chi connectivity index (χ3v) is 4.37. The summed E-state index contributed by atoms with van der Waals surface area (Å²) in [6.45, 7) is 11.9. The summed E-state index contributed by atoms with van der Waals surface area (Å²) in [7, 11) is 0. The van der Waals surface area contributed by atoms with E-state index in [4.69, 9.17) is 4.98 Å². The predicted octanol–water partition coefficient (Wildman–Crippen LogP) is 2.43. The van der Waals surface area contributed by atoms with Crippen LogP contribution in [0.3, 0.4) is 0 Å². The van der Waals surface area contributed by atoms with Crippen LogP contribution in [-0.2, 0) is 0 Å². The van der Waals surface area contributed by atoms with Crippen molar-refractivity contribution >= 4 is 5.82 Å². The Balaban J connectivity index is 1.74. The molecule has 1 saturated heterocycles. The fraction of sp³-hybridized carbons (Fsp3) is 0.647. The lowest BCUT2D eigenvalue weighted by molar-refractivity contribution is 0.194. The monoisotopic (exact) mass is 330 g/mol. The van der Waals surface area contributed by atoms with Gasteiger partial charge in [0.2, 0.25) is 0 Å². The maximum absolute atomic E-state index is 9.56. The fourth-order valence-electron chi connectivity index (χ4n) is 2.66. The van der Waals surface area contributed by atoms with E-state index in [-0.39, 0.29) is 6.04 Å². The van der Waals surface area contributed by atoms with E-state index in [1.807, 2.05) is 10.9 Å². The lowest BCUT2D eigenvalue weighted by Crippen LogP contribution is -2.48. The van der Waals surface area contributed by atoms with Gasteiger partial charge >= 0.3 is 0 Å². The first kappa shape index (κ1) is 16.8. The molecular formula is C17H26N6O. The molecule has 7 heteroatoms. The van der Waals surface area contributed by atoms with E-state index in [0.717, 1.165) is 30.4 Å². The average molecular weight is 330 g/mol. The van der Waals surface area contributed by atoms with Gasteiger partial charge in [-0.05, 0) is 12.8 Å². The van der Waals surface area contributed by atoms with Crippen molar-refractivity contribution in [2.45, 2.75) is 58.6 Å². The summed E-state index contributed by atoms with van der Waals surface area (Å²) >= 11 is 0. The zero-order valence-corrected chi connectivity index (χ0v) is 15.0. The molecule has 3 heterocycles. The Morgan fingerprint density at radius 2 is 1.75 bits per heavy atom. The maximum atomic E-state index is 9.56. The van der Waals surface area contributed by atoms with Crippen LogP contribution in [0.25, 0.3) is 0 Å². The minimum atomic E-state index is -0.584. The number of anilines is 1.